The van der Waals surface area contributed by atoms with Crippen molar-refractivity contribution in [1.29, 1.82) is 0 Å². The minimum atomic E-state index is -1.18. The number of benzene rings is 3. The van der Waals surface area contributed by atoms with Crippen LogP contribution in [-0.2, 0) is 19.8 Å². The van der Waals surface area contributed by atoms with E-state index in [-0.39, 0.29) is 23.5 Å². The van der Waals surface area contributed by atoms with Crippen LogP contribution >= 0.6 is 11.6 Å². The van der Waals surface area contributed by atoms with E-state index in [1.165, 1.54) is 4.90 Å². The van der Waals surface area contributed by atoms with Crippen LogP contribution in [0, 0.1) is 18.8 Å². The molecule has 0 spiro atoms. The van der Waals surface area contributed by atoms with Crippen LogP contribution in [0.15, 0.2) is 66.7 Å². The summed E-state index contributed by atoms with van der Waals surface area (Å²) in [6.45, 7) is 3.41. The number of nitrogens with zero attached hydrogens (tertiary/aromatic N) is 1. The third kappa shape index (κ3) is 2.11. The van der Waals surface area contributed by atoms with E-state index in [2.05, 4.69) is 0 Å². The Balaban J connectivity index is 1.66. The van der Waals surface area contributed by atoms with E-state index in [9.17, 15) is 14.4 Å². The summed E-state index contributed by atoms with van der Waals surface area (Å²) in [6, 6.07) is 20.8. The molecule has 3 aromatic rings. The highest BCUT2D eigenvalue weighted by Gasteiger charge is 2.69. The van der Waals surface area contributed by atoms with Gasteiger partial charge in [-0.05, 0) is 53.8 Å². The maximum absolute atomic E-state index is 14.0. The fourth-order valence-corrected chi connectivity index (χ4v) is 6.52. The Hall–Kier alpha value is -3.24. The van der Waals surface area contributed by atoms with Gasteiger partial charge in [-0.15, -0.1) is 0 Å². The molecule has 3 aromatic carbocycles. The molecule has 0 aromatic heterocycles. The molecular weight excluding hydrogens is 422 g/mol. The Bertz CT molecular complexity index is 1310. The molecule has 0 radical (unpaired) electrons. The number of ketones is 1. The van der Waals surface area contributed by atoms with Gasteiger partial charge in [0.05, 0.1) is 22.9 Å². The van der Waals surface area contributed by atoms with Crippen LogP contribution in [0.5, 0.6) is 0 Å². The number of halogens is 1. The lowest BCUT2D eigenvalue weighted by atomic mass is 9.46. The predicted octanol–water partition coefficient (Wildman–Crippen LogP) is 4.79. The predicted molar refractivity (Wildman–Crippen MR) is 122 cm³/mol. The SMILES string of the molecule is CC(=O)C12c3ccccc3C(c3ccccc31)[C@H]1C(=O)N(c3ccc(C)c(Cl)c3)C(=O)[C@H]12. The van der Waals surface area contributed by atoms with Crippen LogP contribution in [0.25, 0.3) is 0 Å². The first-order chi connectivity index (χ1) is 15.4. The lowest BCUT2D eigenvalue weighted by Gasteiger charge is -2.52. The largest absolute Gasteiger partial charge is 0.299 e. The van der Waals surface area contributed by atoms with Crippen molar-refractivity contribution in [3.63, 3.8) is 0 Å². The van der Waals surface area contributed by atoms with Crippen molar-refractivity contribution >= 4 is 34.9 Å². The smallest absolute Gasteiger partial charge is 0.239 e. The summed E-state index contributed by atoms with van der Waals surface area (Å²) < 4.78 is 0. The Morgan fingerprint density at radius 1 is 0.906 bits per heavy atom. The van der Waals surface area contributed by atoms with Crippen molar-refractivity contribution in [3.8, 4) is 0 Å². The molecule has 2 atom stereocenters. The van der Waals surface area contributed by atoms with Crippen LogP contribution < -0.4 is 4.90 Å². The standard InChI is InChI=1S/C27H20ClNO3/c1-14-11-12-16(13-21(14)28)29-25(31)23-22-17-7-3-5-9-19(17)27(15(2)30,24(23)26(29)32)20-10-6-4-8-18(20)22/h3-13,22-24H,1-2H3/t22?,23-,24+,27?/m1/s1. The normalized spacial score (nSPS) is 27.2. The average Bonchev–Trinajstić information content (AvgIpc) is 3.06. The van der Waals surface area contributed by atoms with E-state index < -0.39 is 17.3 Å². The fraction of sp³-hybridized carbons (Fsp3) is 0.222. The maximum Gasteiger partial charge on any atom is 0.239 e. The van der Waals surface area contributed by atoms with Gasteiger partial charge in [0.2, 0.25) is 11.8 Å². The summed E-state index contributed by atoms with van der Waals surface area (Å²) in [5.74, 6) is -2.38. The zero-order chi connectivity index (χ0) is 22.4. The molecule has 7 rings (SSSR count). The van der Waals surface area contributed by atoms with Crippen LogP contribution in [0.3, 0.4) is 0 Å². The van der Waals surface area contributed by atoms with E-state index >= 15 is 0 Å². The van der Waals surface area contributed by atoms with E-state index in [1.54, 1.807) is 25.1 Å². The Morgan fingerprint density at radius 2 is 1.50 bits per heavy atom. The highest BCUT2D eigenvalue weighted by Crippen LogP contribution is 2.64. The number of hydrogen-bond acceptors (Lipinski definition) is 3. The van der Waals surface area contributed by atoms with E-state index in [0.717, 1.165) is 27.8 Å². The Labute approximate surface area is 190 Å². The van der Waals surface area contributed by atoms with Gasteiger partial charge in [0.25, 0.3) is 0 Å². The van der Waals surface area contributed by atoms with E-state index in [4.69, 9.17) is 11.6 Å². The number of anilines is 1. The molecule has 4 aliphatic rings. The molecule has 3 aliphatic carbocycles. The molecule has 1 saturated heterocycles. The molecular formula is C27H20ClNO3. The Morgan fingerprint density at radius 3 is 2.06 bits per heavy atom. The Kier molecular flexibility index (Phi) is 3.89. The van der Waals surface area contributed by atoms with Gasteiger partial charge in [-0.3, -0.25) is 14.4 Å². The summed E-state index contributed by atoms with van der Waals surface area (Å²) in [5, 5.41) is 0.494. The quantitative estimate of drug-likeness (QED) is 0.537. The second-order valence-corrected chi connectivity index (χ2v) is 9.37. The maximum atomic E-state index is 14.0. The molecule has 4 nitrogen and oxygen atoms in total. The molecule has 0 N–H and O–H groups in total. The summed E-state index contributed by atoms with van der Waals surface area (Å²) in [7, 11) is 0. The lowest BCUT2D eigenvalue weighted by Crippen LogP contribution is -2.57. The number of amides is 2. The van der Waals surface area contributed by atoms with Crippen LogP contribution in [-0.4, -0.2) is 17.6 Å². The number of aryl methyl sites for hydroxylation is 1. The molecule has 2 bridgehead atoms. The molecule has 1 heterocycles. The lowest BCUT2D eigenvalue weighted by molar-refractivity contribution is -0.132. The van der Waals surface area contributed by atoms with Crippen molar-refractivity contribution < 1.29 is 14.4 Å². The third-order valence-electron chi connectivity index (χ3n) is 7.59. The average molecular weight is 442 g/mol. The number of Topliss-reactive ketones (excluding diaryl/α,β-unsaturated/α-hetero) is 1. The topological polar surface area (TPSA) is 54.5 Å². The van der Waals surface area contributed by atoms with Crippen molar-refractivity contribution in [2.45, 2.75) is 25.2 Å². The second-order valence-electron chi connectivity index (χ2n) is 8.97. The monoisotopic (exact) mass is 441 g/mol. The summed E-state index contributed by atoms with van der Waals surface area (Å²) in [5.41, 5.74) is 3.77. The van der Waals surface area contributed by atoms with Crippen molar-refractivity contribution in [1.82, 2.24) is 0 Å². The van der Waals surface area contributed by atoms with E-state index in [1.807, 2.05) is 55.5 Å². The van der Waals surface area contributed by atoms with Gasteiger partial charge < -0.3 is 0 Å². The summed E-state index contributed by atoms with van der Waals surface area (Å²) in [4.78, 5) is 42.6. The first-order valence-corrected chi connectivity index (χ1v) is 11.1. The van der Waals surface area contributed by atoms with Gasteiger partial charge >= 0.3 is 0 Å². The molecule has 0 unspecified atom stereocenters. The third-order valence-corrected chi connectivity index (χ3v) is 7.99. The fourth-order valence-electron chi connectivity index (χ4n) is 6.35. The van der Waals surface area contributed by atoms with Gasteiger partial charge in [0.15, 0.2) is 0 Å². The zero-order valence-corrected chi connectivity index (χ0v) is 18.4. The van der Waals surface area contributed by atoms with Crippen molar-refractivity contribution in [3.05, 3.63) is 99.6 Å². The molecule has 1 aliphatic heterocycles. The van der Waals surface area contributed by atoms with Crippen LogP contribution in [0.4, 0.5) is 5.69 Å². The number of carbonyl (C=O) groups excluding carboxylic acids is 3. The molecule has 32 heavy (non-hydrogen) atoms. The second kappa shape index (κ2) is 6.39. The van der Waals surface area contributed by atoms with Crippen LogP contribution in [0.2, 0.25) is 5.02 Å². The van der Waals surface area contributed by atoms with E-state index in [0.29, 0.717) is 10.7 Å². The first kappa shape index (κ1) is 19.4. The minimum Gasteiger partial charge on any atom is -0.299 e. The van der Waals surface area contributed by atoms with Crippen molar-refractivity contribution in [2.24, 2.45) is 11.8 Å². The molecule has 5 heteroatoms. The highest BCUT2D eigenvalue weighted by atomic mass is 35.5. The highest BCUT2D eigenvalue weighted by molar-refractivity contribution is 6.32. The summed E-state index contributed by atoms with van der Waals surface area (Å²) in [6.07, 6.45) is 0. The summed E-state index contributed by atoms with van der Waals surface area (Å²) >= 11 is 6.33. The van der Waals surface area contributed by atoms with Gasteiger partial charge in [-0.2, -0.15) is 0 Å². The van der Waals surface area contributed by atoms with Gasteiger partial charge in [-0.1, -0.05) is 66.2 Å². The number of carbonyl (C=O) groups is 3. The molecule has 0 saturated carbocycles. The zero-order valence-electron chi connectivity index (χ0n) is 17.6. The molecule has 1 fully saturated rings. The van der Waals surface area contributed by atoms with Gasteiger partial charge in [0.1, 0.15) is 5.78 Å². The number of rotatable bonds is 2. The number of hydrogen-bond donors (Lipinski definition) is 0. The minimum absolute atomic E-state index is 0.115. The van der Waals surface area contributed by atoms with Gasteiger partial charge in [-0.25, -0.2) is 4.90 Å². The van der Waals surface area contributed by atoms with Crippen LogP contribution in [0.1, 0.15) is 40.7 Å². The number of imide groups is 1. The molecule has 2 amide bonds. The first-order valence-electron chi connectivity index (χ1n) is 10.7. The molecule has 158 valence electrons. The van der Waals surface area contributed by atoms with Gasteiger partial charge in [0, 0.05) is 10.9 Å². The van der Waals surface area contributed by atoms with Crippen molar-refractivity contribution in [2.75, 3.05) is 4.90 Å².